The number of carbonyl (C=O) groups is 1. The highest BCUT2D eigenvalue weighted by Gasteiger charge is 2.13. The van der Waals surface area contributed by atoms with E-state index in [-0.39, 0.29) is 5.91 Å². The number of carbonyl (C=O) groups excluding carboxylic acids is 1. The molecule has 1 heterocycles. The van der Waals surface area contributed by atoms with Gasteiger partial charge in [-0.1, -0.05) is 36.4 Å². The number of nitrogens with one attached hydrogen (secondary N) is 1. The van der Waals surface area contributed by atoms with Crippen molar-refractivity contribution in [3.63, 3.8) is 0 Å². The Bertz CT molecular complexity index is 1000. The van der Waals surface area contributed by atoms with E-state index in [0.29, 0.717) is 6.42 Å². The maximum Gasteiger partial charge on any atom is 0.240 e. The lowest BCUT2D eigenvalue weighted by Crippen LogP contribution is -2.17. The van der Waals surface area contributed by atoms with Crippen molar-refractivity contribution in [2.45, 2.75) is 39.0 Å². The lowest BCUT2D eigenvalue weighted by molar-refractivity contribution is -0.120. The minimum Gasteiger partial charge on any atom is -0.317 e. The van der Waals surface area contributed by atoms with Crippen molar-refractivity contribution >= 4 is 23.9 Å². The summed E-state index contributed by atoms with van der Waals surface area (Å²) in [7, 11) is 0. The highest BCUT2D eigenvalue weighted by Crippen LogP contribution is 2.25. The van der Waals surface area contributed by atoms with Crippen molar-refractivity contribution in [2.75, 3.05) is 5.75 Å². The Morgan fingerprint density at radius 3 is 2.41 bits per heavy atom. The molecule has 150 valence electrons. The number of hydrogen-bond acceptors (Lipinski definition) is 3. The largest absolute Gasteiger partial charge is 0.317 e. The molecule has 0 aliphatic rings. The van der Waals surface area contributed by atoms with Crippen LogP contribution in [0.3, 0.4) is 0 Å². The van der Waals surface area contributed by atoms with Gasteiger partial charge in [0.1, 0.15) is 0 Å². The minimum absolute atomic E-state index is 0.0757. The first kappa shape index (κ1) is 20.9. The Kier molecular flexibility index (Phi) is 6.94. The summed E-state index contributed by atoms with van der Waals surface area (Å²) in [6.45, 7) is 8.43. The van der Waals surface area contributed by atoms with Crippen LogP contribution in [0.25, 0.3) is 5.69 Å². The predicted molar refractivity (Wildman–Crippen MR) is 122 cm³/mol. The van der Waals surface area contributed by atoms with Crippen molar-refractivity contribution in [3.05, 3.63) is 82.7 Å². The van der Waals surface area contributed by atoms with Gasteiger partial charge < -0.3 is 4.57 Å². The standard InChI is InChI=1S/C24H27N3OS/c1-17-9-8-10-18(2)24(17)27-19(3)15-21(20(27)4)16-25-26-23(28)13-14-29-22-11-6-5-7-12-22/h5-12,15-16H,13-14H2,1-4H3,(H,26,28)/b25-16+. The Labute approximate surface area is 177 Å². The van der Waals surface area contributed by atoms with E-state index < -0.39 is 0 Å². The third-order valence-electron chi connectivity index (χ3n) is 4.87. The molecule has 0 aliphatic heterocycles. The molecule has 2 aromatic carbocycles. The Morgan fingerprint density at radius 1 is 1.03 bits per heavy atom. The topological polar surface area (TPSA) is 46.4 Å². The van der Waals surface area contributed by atoms with Crippen LogP contribution < -0.4 is 5.43 Å². The van der Waals surface area contributed by atoms with Gasteiger partial charge in [-0.3, -0.25) is 4.79 Å². The zero-order chi connectivity index (χ0) is 20.8. The molecule has 0 saturated heterocycles. The summed E-state index contributed by atoms with van der Waals surface area (Å²) < 4.78 is 2.25. The zero-order valence-electron chi connectivity index (χ0n) is 17.4. The second kappa shape index (κ2) is 9.61. The summed E-state index contributed by atoms with van der Waals surface area (Å²) in [6, 6.07) is 18.5. The normalized spacial score (nSPS) is 11.2. The third kappa shape index (κ3) is 5.18. The van der Waals surface area contributed by atoms with Crippen molar-refractivity contribution in [1.82, 2.24) is 9.99 Å². The number of thioether (sulfide) groups is 1. The monoisotopic (exact) mass is 405 g/mol. The van der Waals surface area contributed by atoms with Gasteiger partial charge in [0.05, 0.1) is 11.9 Å². The van der Waals surface area contributed by atoms with Gasteiger partial charge in [0, 0.05) is 34.0 Å². The second-order valence-corrected chi connectivity index (χ2v) is 8.28. The van der Waals surface area contributed by atoms with E-state index in [4.69, 9.17) is 0 Å². The summed E-state index contributed by atoms with van der Waals surface area (Å²) in [5.41, 5.74) is 9.59. The van der Waals surface area contributed by atoms with Gasteiger partial charge in [-0.05, 0) is 57.0 Å². The van der Waals surface area contributed by atoms with Gasteiger partial charge >= 0.3 is 0 Å². The van der Waals surface area contributed by atoms with Crippen molar-refractivity contribution < 1.29 is 4.79 Å². The van der Waals surface area contributed by atoms with E-state index >= 15 is 0 Å². The molecule has 1 N–H and O–H groups in total. The van der Waals surface area contributed by atoms with E-state index in [0.717, 1.165) is 22.7 Å². The molecule has 0 spiro atoms. The molecule has 3 rings (SSSR count). The lowest BCUT2D eigenvalue weighted by Gasteiger charge is -2.15. The number of aromatic nitrogens is 1. The molecule has 0 fully saturated rings. The van der Waals surface area contributed by atoms with Crippen molar-refractivity contribution in [1.29, 1.82) is 0 Å². The molecule has 0 unspecified atom stereocenters. The van der Waals surface area contributed by atoms with E-state index in [1.807, 2.05) is 30.3 Å². The summed E-state index contributed by atoms with van der Waals surface area (Å²) in [5.74, 6) is 0.653. The van der Waals surface area contributed by atoms with Gasteiger partial charge in [0.25, 0.3) is 0 Å². The minimum atomic E-state index is -0.0757. The average Bonchev–Trinajstić information content (AvgIpc) is 2.97. The van der Waals surface area contributed by atoms with E-state index in [1.54, 1.807) is 18.0 Å². The quantitative estimate of drug-likeness (QED) is 0.327. The van der Waals surface area contributed by atoms with Crippen LogP contribution in [0.2, 0.25) is 0 Å². The van der Waals surface area contributed by atoms with Gasteiger partial charge in [-0.2, -0.15) is 5.10 Å². The molecular weight excluding hydrogens is 378 g/mol. The van der Waals surface area contributed by atoms with E-state index in [1.165, 1.54) is 21.7 Å². The molecule has 4 nitrogen and oxygen atoms in total. The van der Waals surface area contributed by atoms with Crippen LogP contribution in [0, 0.1) is 27.7 Å². The summed E-state index contributed by atoms with van der Waals surface area (Å²) in [6.07, 6.45) is 2.16. The smallest absolute Gasteiger partial charge is 0.240 e. The lowest BCUT2D eigenvalue weighted by atomic mass is 10.1. The molecule has 0 atom stereocenters. The van der Waals surface area contributed by atoms with Crippen LogP contribution in [0.1, 0.15) is 34.5 Å². The van der Waals surface area contributed by atoms with E-state index in [2.05, 4.69) is 67.1 Å². The first-order chi connectivity index (χ1) is 14.0. The first-order valence-electron chi connectivity index (χ1n) is 9.72. The molecule has 0 radical (unpaired) electrons. The second-order valence-electron chi connectivity index (χ2n) is 7.11. The predicted octanol–water partition coefficient (Wildman–Crippen LogP) is 5.34. The molecule has 0 aliphatic carbocycles. The third-order valence-corrected chi connectivity index (χ3v) is 5.88. The SMILES string of the molecule is Cc1cccc(C)c1-n1c(C)cc(/C=N/NC(=O)CCSc2ccccc2)c1C. The van der Waals surface area contributed by atoms with Crippen LogP contribution >= 0.6 is 11.8 Å². The van der Waals surface area contributed by atoms with Crippen LogP contribution in [0.4, 0.5) is 0 Å². The fraction of sp³-hybridized carbons (Fsp3) is 0.250. The Morgan fingerprint density at radius 2 is 1.72 bits per heavy atom. The van der Waals surface area contributed by atoms with Gasteiger partial charge in [0.2, 0.25) is 5.91 Å². The summed E-state index contributed by atoms with van der Waals surface area (Å²) >= 11 is 1.67. The number of rotatable bonds is 7. The number of hydrogen-bond donors (Lipinski definition) is 1. The molecular formula is C24H27N3OS. The molecule has 1 aromatic heterocycles. The van der Waals surface area contributed by atoms with Crippen LogP contribution in [0.15, 0.2) is 64.6 Å². The Hall–Kier alpha value is -2.79. The number of aryl methyl sites for hydroxylation is 3. The molecule has 0 saturated carbocycles. The van der Waals surface area contributed by atoms with Crippen LogP contribution in [0.5, 0.6) is 0 Å². The number of para-hydroxylation sites is 1. The molecule has 0 bridgehead atoms. The van der Waals surface area contributed by atoms with Crippen LogP contribution in [-0.4, -0.2) is 22.4 Å². The van der Waals surface area contributed by atoms with Crippen molar-refractivity contribution in [2.24, 2.45) is 5.10 Å². The maximum absolute atomic E-state index is 12.0. The Balaban J connectivity index is 1.62. The van der Waals surface area contributed by atoms with Crippen molar-refractivity contribution in [3.8, 4) is 5.69 Å². The molecule has 1 amide bonds. The van der Waals surface area contributed by atoms with Gasteiger partial charge in [-0.15, -0.1) is 11.8 Å². The fourth-order valence-corrected chi connectivity index (χ4v) is 4.30. The highest BCUT2D eigenvalue weighted by atomic mass is 32.2. The number of nitrogens with zero attached hydrogens (tertiary/aromatic N) is 2. The number of hydrazone groups is 1. The average molecular weight is 406 g/mol. The van der Waals surface area contributed by atoms with Gasteiger partial charge in [0.15, 0.2) is 0 Å². The fourth-order valence-electron chi connectivity index (χ4n) is 3.43. The van der Waals surface area contributed by atoms with Gasteiger partial charge in [-0.25, -0.2) is 5.43 Å². The molecule has 29 heavy (non-hydrogen) atoms. The maximum atomic E-state index is 12.0. The first-order valence-corrected chi connectivity index (χ1v) is 10.7. The molecule has 5 heteroatoms. The summed E-state index contributed by atoms with van der Waals surface area (Å²) in [5, 5.41) is 4.17. The highest BCUT2D eigenvalue weighted by molar-refractivity contribution is 7.99. The van der Waals surface area contributed by atoms with E-state index in [9.17, 15) is 4.79 Å². The van der Waals surface area contributed by atoms with Crippen LogP contribution in [-0.2, 0) is 4.79 Å². The number of amides is 1. The zero-order valence-corrected chi connectivity index (χ0v) is 18.2. The summed E-state index contributed by atoms with van der Waals surface area (Å²) in [4.78, 5) is 13.2. The molecule has 3 aromatic rings. The number of benzene rings is 2.